The monoisotopic (exact) mass is 486 g/mol. The van der Waals surface area contributed by atoms with Gasteiger partial charge in [0.05, 0.1) is 5.56 Å². The van der Waals surface area contributed by atoms with Crippen LogP contribution in [0.2, 0.25) is 0 Å². The van der Waals surface area contributed by atoms with E-state index in [1.54, 1.807) is 24.3 Å². The van der Waals surface area contributed by atoms with Crippen LogP contribution in [0.3, 0.4) is 0 Å². The molecule has 0 aliphatic heterocycles. The maximum Gasteiger partial charge on any atom is 0.335 e. The molecule has 8 nitrogen and oxygen atoms in total. The first-order valence-electron chi connectivity index (χ1n) is 10.4. The van der Waals surface area contributed by atoms with Gasteiger partial charge in [0.15, 0.2) is 0 Å². The average Bonchev–Trinajstić information content (AvgIpc) is 2.88. The molecule has 0 aliphatic carbocycles. The Balaban J connectivity index is 1.76. The number of rotatable bonds is 5. The highest BCUT2D eigenvalue weighted by molar-refractivity contribution is 6.04. The predicted molar refractivity (Wildman–Crippen MR) is 143 cm³/mol. The van der Waals surface area contributed by atoms with Crippen LogP contribution in [0.5, 0.6) is 0 Å². The highest BCUT2D eigenvalue weighted by Crippen LogP contribution is 2.21. The van der Waals surface area contributed by atoms with Gasteiger partial charge in [0.1, 0.15) is 0 Å². The Bertz CT molecular complexity index is 1480. The van der Waals surface area contributed by atoms with E-state index in [9.17, 15) is 19.5 Å². The molecule has 0 aliphatic rings. The maximum absolute atomic E-state index is 12.5. The van der Waals surface area contributed by atoms with E-state index in [-0.39, 0.29) is 16.9 Å². The summed E-state index contributed by atoms with van der Waals surface area (Å²) in [6, 6.07) is 11.9. The van der Waals surface area contributed by atoms with Crippen LogP contribution >= 0.6 is 0 Å². The van der Waals surface area contributed by atoms with Crippen molar-refractivity contribution >= 4 is 40.8 Å². The van der Waals surface area contributed by atoms with Crippen LogP contribution < -0.4 is 21.3 Å². The zero-order valence-corrected chi connectivity index (χ0v) is 19.2. The third-order valence-electron chi connectivity index (χ3n) is 4.87. The summed E-state index contributed by atoms with van der Waals surface area (Å²) in [5.41, 5.74) is 2.64. The Morgan fingerprint density at radius 1 is 0.541 bits per heavy atom. The SMILES string of the molecule is C#Cc1ccc(NC(=O)Nc2cc(NC(=O)Nc3ccc(C#C)c(C#C)c3)cc(C(=O)O)c2)cc1C#C. The molecule has 5 N–H and O–H groups in total. The minimum Gasteiger partial charge on any atom is -0.478 e. The fourth-order valence-electron chi connectivity index (χ4n) is 3.22. The minimum atomic E-state index is -1.26. The first-order valence-corrected chi connectivity index (χ1v) is 10.4. The van der Waals surface area contributed by atoms with E-state index in [0.717, 1.165) is 0 Å². The molecule has 3 aromatic carbocycles. The van der Waals surface area contributed by atoms with Crippen LogP contribution in [0, 0.1) is 49.4 Å². The van der Waals surface area contributed by atoms with Gasteiger partial charge in [0.25, 0.3) is 0 Å². The Labute approximate surface area is 213 Å². The molecule has 0 fully saturated rings. The number of nitrogens with one attached hydrogen (secondary N) is 4. The largest absolute Gasteiger partial charge is 0.478 e. The zero-order valence-electron chi connectivity index (χ0n) is 19.2. The zero-order chi connectivity index (χ0) is 26.9. The number of carbonyl (C=O) groups is 3. The van der Waals surface area contributed by atoms with Crippen LogP contribution in [0.4, 0.5) is 32.3 Å². The Kier molecular flexibility index (Phi) is 7.84. The molecular weight excluding hydrogens is 468 g/mol. The molecule has 8 heteroatoms. The minimum absolute atomic E-state index is 0.109. The lowest BCUT2D eigenvalue weighted by Crippen LogP contribution is -2.21. The van der Waals surface area contributed by atoms with E-state index in [1.807, 2.05) is 0 Å². The number of benzene rings is 3. The Morgan fingerprint density at radius 3 is 1.27 bits per heavy atom. The third-order valence-corrected chi connectivity index (χ3v) is 4.87. The normalized spacial score (nSPS) is 9.41. The van der Waals surface area contributed by atoms with Gasteiger partial charge in [0, 0.05) is 45.0 Å². The van der Waals surface area contributed by atoms with Crippen molar-refractivity contribution in [1.82, 2.24) is 0 Å². The van der Waals surface area contributed by atoms with Gasteiger partial charge in [-0.15, -0.1) is 25.7 Å². The molecule has 0 atom stereocenters. The highest BCUT2D eigenvalue weighted by atomic mass is 16.4. The number of urea groups is 2. The number of hydrogen-bond donors (Lipinski definition) is 5. The molecule has 0 spiro atoms. The number of hydrogen-bond acceptors (Lipinski definition) is 3. The van der Waals surface area contributed by atoms with Crippen molar-refractivity contribution in [3.63, 3.8) is 0 Å². The van der Waals surface area contributed by atoms with Gasteiger partial charge < -0.3 is 26.4 Å². The van der Waals surface area contributed by atoms with Crippen LogP contribution in [-0.2, 0) is 0 Å². The van der Waals surface area contributed by atoms with Gasteiger partial charge in [-0.2, -0.15) is 0 Å². The second-order valence-electron chi connectivity index (χ2n) is 7.36. The second kappa shape index (κ2) is 11.4. The number of terminal acetylenes is 4. The van der Waals surface area contributed by atoms with Gasteiger partial charge in [-0.3, -0.25) is 0 Å². The van der Waals surface area contributed by atoms with E-state index in [0.29, 0.717) is 33.6 Å². The van der Waals surface area contributed by atoms with E-state index in [1.165, 1.54) is 30.3 Å². The quantitative estimate of drug-likeness (QED) is 0.339. The Hall–Kier alpha value is -6.09. The van der Waals surface area contributed by atoms with Crippen molar-refractivity contribution in [2.45, 2.75) is 0 Å². The van der Waals surface area contributed by atoms with Crippen LogP contribution in [0.1, 0.15) is 32.6 Å². The first kappa shape index (κ1) is 25.5. The number of aromatic carboxylic acids is 1. The molecule has 0 unspecified atom stereocenters. The predicted octanol–water partition coefficient (Wildman–Crippen LogP) is 4.60. The van der Waals surface area contributed by atoms with Crippen molar-refractivity contribution in [2.75, 3.05) is 21.3 Å². The lowest BCUT2D eigenvalue weighted by molar-refractivity contribution is 0.0697. The van der Waals surface area contributed by atoms with Gasteiger partial charge in [0.2, 0.25) is 0 Å². The standard InChI is InChI=1S/C29H18N4O4/c1-5-18-9-11-23(13-20(18)7-3)30-28(36)32-25-15-22(27(34)35)16-26(17-25)33-29(37)31-24-12-10-19(6-2)21(8-4)14-24/h1-4,9-17H,(H,34,35)(H2,30,32,36)(H2,31,33,37). The molecule has 178 valence electrons. The Morgan fingerprint density at radius 2 is 0.919 bits per heavy atom. The van der Waals surface area contributed by atoms with E-state index >= 15 is 0 Å². The summed E-state index contributed by atoms with van der Waals surface area (Å²) in [5, 5.41) is 19.7. The van der Waals surface area contributed by atoms with Gasteiger partial charge in [-0.05, 0) is 54.6 Å². The number of carbonyl (C=O) groups excluding carboxylic acids is 2. The summed E-state index contributed by atoms with van der Waals surface area (Å²) >= 11 is 0. The summed E-state index contributed by atoms with van der Waals surface area (Å²) in [5.74, 6) is 8.52. The molecule has 0 radical (unpaired) electrons. The van der Waals surface area contributed by atoms with E-state index < -0.39 is 18.0 Å². The molecular formula is C29H18N4O4. The summed E-state index contributed by atoms with van der Waals surface area (Å²) < 4.78 is 0. The fraction of sp³-hybridized carbons (Fsp3) is 0. The first-order chi connectivity index (χ1) is 17.8. The highest BCUT2D eigenvalue weighted by Gasteiger charge is 2.12. The van der Waals surface area contributed by atoms with E-state index in [2.05, 4.69) is 44.9 Å². The van der Waals surface area contributed by atoms with Crippen LogP contribution in [-0.4, -0.2) is 23.1 Å². The van der Waals surface area contributed by atoms with Crippen molar-refractivity contribution in [3.05, 3.63) is 82.4 Å². The maximum atomic E-state index is 12.5. The number of amides is 4. The fourth-order valence-corrected chi connectivity index (χ4v) is 3.22. The lowest BCUT2D eigenvalue weighted by Gasteiger charge is -2.13. The summed E-state index contributed by atoms with van der Waals surface area (Å²) in [6.07, 6.45) is 21.7. The molecule has 0 bridgehead atoms. The lowest BCUT2D eigenvalue weighted by atomic mass is 10.1. The van der Waals surface area contributed by atoms with E-state index in [4.69, 9.17) is 25.7 Å². The van der Waals surface area contributed by atoms with Crippen molar-refractivity contribution in [3.8, 4) is 49.4 Å². The van der Waals surface area contributed by atoms with Crippen molar-refractivity contribution < 1.29 is 19.5 Å². The molecule has 4 amide bonds. The van der Waals surface area contributed by atoms with Crippen LogP contribution in [0.25, 0.3) is 0 Å². The number of anilines is 4. The smallest absolute Gasteiger partial charge is 0.335 e. The molecule has 0 aromatic heterocycles. The number of carboxylic acids is 1. The number of carboxylic acid groups (broad SMARTS) is 1. The molecule has 0 saturated heterocycles. The summed E-state index contributed by atoms with van der Waals surface area (Å²) in [4.78, 5) is 36.6. The average molecular weight is 486 g/mol. The molecule has 3 rings (SSSR count). The van der Waals surface area contributed by atoms with Crippen LogP contribution in [0.15, 0.2) is 54.6 Å². The molecule has 37 heavy (non-hydrogen) atoms. The molecule has 0 heterocycles. The topological polar surface area (TPSA) is 120 Å². The summed E-state index contributed by atoms with van der Waals surface area (Å²) in [7, 11) is 0. The molecule has 0 saturated carbocycles. The second-order valence-corrected chi connectivity index (χ2v) is 7.36. The summed E-state index contributed by atoms with van der Waals surface area (Å²) in [6.45, 7) is 0. The van der Waals surface area contributed by atoms with Gasteiger partial charge >= 0.3 is 18.0 Å². The van der Waals surface area contributed by atoms with Gasteiger partial charge in [-0.1, -0.05) is 23.7 Å². The van der Waals surface area contributed by atoms with Crippen molar-refractivity contribution in [1.29, 1.82) is 0 Å². The molecule has 3 aromatic rings. The van der Waals surface area contributed by atoms with Gasteiger partial charge in [-0.25, -0.2) is 14.4 Å². The van der Waals surface area contributed by atoms with Crippen molar-refractivity contribution in [2.24, 2.45) is 0 Å². The third kappa shape index (κ3) is 6.49.